The van der Waals surface area contributed by atoms with Crippen molar-refractivity contribution in [3.63, 3.8) is 0 Å². The lowest BCUT2D eigenvalue weighted by Gasteiger charge is -2.33. The highest BCUT2D eigenvalue weighted by molar-refractivity contribution is 5.77. The third-order valence-corrected chi connectivity index (χ3v) is 6.78. The van der Waals surface area contributed by atoms with E-state index < -0.39 is 0 Å². The summed E-state index contributed by atoms with van der Waals surface area (Å²) >= 11 is 0. The summed E-state index contributed by atoms with van der Waals surface area (Å²) in [5, 5.41) is 11.1. The van der Waals surface area contributed by atoms with Crippen molar-refractivity contribution in [2.75, 3.05) is 36.0 Å². The van der Waals surface area contributed by atoms with Crippen LogP contribution in [0.15, 0.2) is 18.2 Å². The molecule has 0 heterocycles. The Labute approximate surface area is 207 Å². The highest BCUT2D eigenvalue weighted by atomic mass is 16.3. The maximum absolute atomic E-state index is 11.1. The van der Waals surface area contributed by atoms with Gasteiger partial charge in [-0.15, -0.1) is 0 Å². The van der Waals surface area contributed by atoms with E-state index in [-0.39, 0.29) is 0 Å². The molecule has 3 nitrogen and oxygen atoms in total. The van der Waals surface area contributed by atoms with Gasteiger partial charge >= 0.3 is 0 Å². The van der Waals surface area contributed by atoms with Crippen molar-refractivity contribution in [3.8, 4) is 5.75 Å². The zero-order valence-corrected chi connectivity index (χ0v) is 22.7. The summed E-state index contributed by atoms with van der Waals surface area (Å²) in [6, 6.07) is 6.21. The van der Waals surface area contributed by atoms with E-state index in [4.69, 9.17) is 0 Å². The number of para-hydroxylation sites is 1. The summed E-state index contributed by atoms with van der Waals surface area (Å²) in [6.45, 7) is 13.4. The van der Waals surface area contributed by atoms with Crippen LogP contribution in [-0.4, -0.2) is 31.3 Å². The number of hydrogen-bond acceptors (Lipinski definition) is 3. The summed E-state index contributed by atoms with van der Waals surface area (Å²) in [6.07, 6.45) is 20.4. The van der Waals surface area contributed by atoms with Gasteiger partial charge in [0, 0.05) is 26.2 Å². The van der Waals surface area contributed by atoms with E-state index in [0.29, 0.717) is 5.75 Å². The monoisotopic (exact) mass is 460 g/mol. The quantitative estimate of drug-likeness (QED) is 0.175. The molecule has 33 heavy (non-hydrogen) atoms. The molecule has 0 amide bonds. The van der Waals surface area contributed by atoms with Crippen molar-refractivity contribution in [2.45, 2.75) is 130 Å². The number of anilines is 2. The van der Waals surface area contributed by atoms with E-state index in [1.807, 2.05) is 12.1 Å². The highest BCUT2D eigenvalue weighted by Gasteiger charge is 2.19. The fraction of sp³-hybridized carbons (Fsp3) is 0.800. The Bertz CT molecular complexity index is 550. The van der Waals surface area contributed by atoms with Crippen LogP contribution in [0.2, 0.25) is 0 Å². The minimum Gasteiger partial charge on any atom is -0.506 e. The average molecular weight is 461 g/mol. The number of aromatic hydroxyl groups is 1. The minimum absolute atomic E-state index is 0.464. The van der Waals surface area contributed by atoms with E-state index in [1.165, 1.54) is 108 Å². The van der Waals surface area contributed by atoms with Crippen molar-refractivity contribution in [2.24, 2.45) is 0 Å². The SMILES string of the molecule is CCCCCCN(CCCCCC)c1cccc(O)c1N(CCCCCC)CCCCCC. The Morgan fingerprint density at radius 1 is 0.515 bits per heavy atom. The lowest BCUT2D eigenvalue weighted by Crippen LogP contribution is -2.31. The first-order chi connectivity index (χ1) is 16.2. The van der Waals surface area contributed by atoms with Crippen LogP contribution in [0.3, 0.4) is 0 Å². The normalized spacial score (nSPS) is 11.2. The van der Waals surface area contributed by atoms with E-state index in [1.54, 1.807) is 0 Å². The van der Waals surface area contributed by atoms with Crippen molar-refractivity contribution in [1.29, 1.82) is 0 Å². The number of phenols is 1. The molecule has 0 fully saturated rings. The lowest BCUT2D eigenvalue weighted by atomic mass is 10.1. The molecule has 3 heteroatoms. The van der Waals surface area contributed by atoms with Gasteiger partial charge in [-0.25, -0.2) is 0 Å². The smallest absolute Gasteiger partial charge is 0.141 e. The molecule has 0 spiro atoms. The van der Waals surface area contributed by atoms with Crippen LogP contribution in [0.5, 0.6) is 5.75 Å². The maximum Gasteiger partial charge on any atom is 0.141 e. The molecule has 0 saturated carbocycles. The number of rotatable bonds is 22. The third kappa shape index (κ3) is 12.6. The van der Waals surface area contributed by atoms with Gasteiger partial charge in [0.25, 0.3) is 0 Å². The predicted molar refractivity (Wildman–Crippen MR) is 149 cm³/mol. The van der Waals surface area contributed by atoms with Gasteiger partial charge in [-0.2, -0.15) is 0 Å². The van der Waals surface area contributed by atoms with Gasteiger partial charge in [0.05, 0.1) is 5.69 Å². The van der Waals surface area contributed by atoms with E-state index >= 15 is 0 Å². The third-order valence-electron chi connectivity index (χ3n) is 6.78. The zero-order chi connectivity index (χ0) is 24.2. The van der Waals surface area contributed by atoms with Crippen LogP contribution in [0, 0.1) is 0 Å². The molecule has 192 valence electrons. The minimum atomic E-state index is 0.464. The lowest BCUT2D eigenvalue weighted by molar-refractivity contribution is 0.471. The largest absolute Gasteiger partial charge is 0.506 e. The number of phenolic OH excluding ortho intramolecular Hbond substituents is 1. The topological polar surface area (TPSA) is 26.7 Å². The molecule has 1 N–H and O–H groups in total. The fourth-order valence-electron chi connectivity index (χ4n) is 4.70. The fourth-order valence-corrected chi connectivity index (χ4v) is 4.70. The molecule has 0 aliphatic carbocycles. The van der Waals surface area contributed by atoms with Gasteiger partial charge in [-0.1, -0.05) is 111 Å². The molecule has 0 unspecified atom stereocenters. The van der Waals surface area contributed by atoms with Crippen molar-refractivity contribution in [3.05, 3.63) is 18.2 Å². The second-order valence-electron chi connectivity index (χ2n) is 9.86. The summed E-state index contributed by atoms with van der Waals surface area (Å²) in [4.78, 5) is 5.10. The van der Waals surface area contributed by atoms with E-state index in [9.17, 15) is 5.11 Å². The van der Waals surface area contributed by atoms with Crippen LogP contribution in [0.4, 0.5) is 11.4 Å². The van der Waals surface area contributed by atoms with E-state index in [0.717, 1.165) is 31.9 Å². The number of nitrogens with zero attached hydrogens (tertiary/aromatic N) is 2. The molecule has 0 saturated heterocycles. The molecule has 1 aromatic carbocycles. The van der Waals surface area contributed by atoms with Crippen LogP contribution in [0.1, 0.15) is 130 Å². The first-order valence-electron chi connectivity index (χ1n) is 14.5. The second kappa shape index (κ2) is 20.0. The van der Waals surface area contributed by atoms with Crippen molar-refractivity contribution >= 4 is 11.4 Å². The molecule has 1 aromatic rings. The van der Waals surface area contributed by atoms with Crippen LogP contribution >= 0.6 is 0 Å². The second-order valence-corrected chi connectivity index (χ2v) is 9.86. The van der Waals surface area contributed by atoms with E-state index in [2.05, 4.69) is 43.6 Å². The number of unbranched alkanes of at least 4 members (excludes halogenated alkanes) is 12. The van der Waals surface area contributed by atoms with Crippen molar-refractivity contribution < 1.29 is 5.11 Å². The molecule has 1 rings (SSSR count). The molecule has 0 radical (unpaired) electrons. The van der Waals surface area contributed by atoms with Crippen LogP contribution in [0.25, 0.3) is 0 Å². The predicted octanol–water partition coefficient (Wildman–Crippen LogP) is 9.33. The Kier molecular flexibility index (Phi) is 18.0. The van der Waals surface area contributed by atoms with Gasteiger partial charge in [0.15, 0.2) is 0 Å². The maximum atomic E-state index is 11.1. The first kappa shape index (κ1) is 29.7. The average Bonchev–Trinajstić information content (AvgIpc) is 2.82. The number of benzene rings is 1. The Balaban J connectivity index is 3.07. The summed E-state index contributed by atoms with van der Waals surface area (Å²) in [5.41, 5.74) is 2.35. The highest BCUT2D eigenvalue weighted by Crippen LogP contribution is 2.38. The van der Waals surface area contributed by atoms with Crippen molar-refractivity contribution in [1.82, 2.24) is 0 Å². The van der Waals surface area contributed by atoms with Gasteiger partial charge in [-0.05, 0) is 37.8 Å². The summed E-state index contributed by atoms with van der Waals surface area (Å²) in [7, 11) is 0. The Hall–Kier alpha value is -1.38. The molecular weight excluding hydrogens is 404 g/mol. The zero-order valence-electron chi connectivity index (χ0n) is 22.7. The molecular formula is C30H56N2O. The Morgan fingerprint density at radius 2 is 0.909 bits per heavy atom. The Morgan fingerprint density at radius 3 is 1.30 bits per heavy atom. The van der Waals surface area contributed by atoms with Gasteiger partial charge < -0.3 is 14.9 Å². The van der Waals surface area contributed by atoms with Gasteiger partial charge in [0.2, 0.25) is 0 Å². The van der Waals surface area contributed by atoms with Crippen LogP contribution in [-0.2, 0) is 0 Å². The molecule has 0 aliphatic heterocycles. The first-order valence-corrected chi connectivity index (χ1v) is 14.5. The van der Waals surface area contributed by atoms with Gasteiger partial charge in [0.1, 0.15) is 11.4 Å². The molecule has 0 bridgehead atoms. The summed E-state index contributed by atoms with van der Waals surface area (Å²) in [5.74, 6) is 0.464. The summed E-state index contributed by atoms with van der Waals surface area (Å²) < 4.78 is 0. The standard InChI is InChI=1S/C30H56N2O/c1-5-9-13-17-24-31(25-18-14-10-6-2)28-22-21-23-29(33)30(28)32(26-19-15-11-7-3)27-20-16-12-8-4/h21-23,33H,5-20,24-27H2,1-4H3. The molecule has 0 atom stereocenters. The number of hydrogen-bond donors (Lipinski definition) is 1. The van der Waals surface area contributed by atoms with Crippen LogP contribution < -0.4 is 9.80 Å². The van der Waals surface area contributed by atoms with Gasteiger partial charge in [-0.3, -0.25) is 0 Å². The molecule has 0 aliphatic rings. The molecule has 0 aromatic heterocycles.